The first-order valence-corrected chi connectivity index (χ1v) is 25.5. The van der Waals surface area contributed by atoms with Gasteiger partial charge in [0, 0.05) is 78.3 Å². The summed E-state index contributed by atoms with van der Waals surface area (Å²) in [6.07, 6.45) is 0. The third-order valence-electron chi connectivity index (χ3n) is 14.6. The van der Waals surface area contributed by atoms with Gasteiger partial charge in [-0.15, -0.1) is 0 Å². The van der Waals surface area contributed by atoms with E-state index >= 15 is 4.79 Å². The smallest absolute Gasteiger partial charge is 0.264 e. The van der Waals surface area contributed by atoms with Crippen molar-refractivity contribution in [2.75, 3.05) is 56.9 Å². The van der Waals surface area contributed by atoms with E-state index in [-0.39, 0.29) is 28.2 Å². The Morgan fingerprint density at radius 3 is 1.16 bits per heavy atom. The van der Waals surface area contributed by atoms with E-state index in [2.05, 4.69) is 6.58 Å². The quantitative estimate of drug-likeness (QED) is 0.0453. The molecule has 0 saturated carbocycles. The summed E-state index contributed by atoms with van der Waals surface area (Å²) in [5.74, 6) is 5.72. The maximum Gasteiger partial charge on any atom is 0.264 e. The molecule has 16 heteroatoms. The SMILES string of the molecule is C=C(C)c1cc(Oc2ccc(OC)c(OC)c2)c2c3c(Oc4ccc(OC)c(OC)c4)cc4c(=O)n5c6ccccc6nc5c5cc(Oc6ccc(OC)c(OC)c6)c(c6c(Oc7ccc(OC)c(OC)c7)cc(C(C)=O)c1c26)c3c45. The molecule has 0 bridgehead atoms. The zero-order chi connectivity index (χ0) is 56.5. The van der Waals surface area contributed by atoms with Crippen LogP contribution in [-0.4, -0.2) is 72.0 Å². The number of allylic oxidation sites excluding steroid dienone is 1. The number of Topliss-reactive ketones (excluding diaryl/α,β-unsaturated/α-hetero) is 1. The van der Waals surface area contributed by atoms with Gasteiger partial charge in [0.1, 0.15) is 51.6 Å². The topological polar surface area (TPSA) is 162 Å². The second kappa shape index (κ2) is 20.1. The lowest BCUT2D eigenvalue weighted by Crippen LogP contribution is -2.14. The molecule has 0 aliphatic carbocycles. The van der Waals surface area contributed by atoms with E-state index in [4.69, 9.17) is 61.8 Å². The van der Waals surface area contributed by atoms with Gasteiger partial charge < -0.3 is 56.8 Å². The van der Waals surface area contributed by atoms with Crippen molar-refractivity contribution in [2.45, 2.75) is 13.8 Å². The zero-order valence-corrected chi connectivity index (χ0v) is 45.9. The number of para-hydroxylation sites is 2. The van der Waals surface area contributed by atoms with Gasteiger partial charge in [-0.3, -0.25) is 14.0 Å². The number of carbonyl (C=O) groups excluding carboxylic acids is 1. The number of nitrogens with zero attached hydrogens (tertiary/aromatic N) is 2. The average Bonchev–Trinajstić information content (AvgIpc) is 2.80. The van der Waals surface area contributed by atoms with Gasteiger partial charge in [0.2, 0.25) is 0 Å². The second-order valence-electron chi connectivity index (χ2n) is 19.1. The summed E-state index contributed by atoms with van der Waals surface area (Å²) >= 11 is 0. The van der Waals surface area contributed by atoms with Gasteiger partial charge in [0.05, 0.1) is 73.3 Å². The fourth-order valence-electron chi connectivity index (χ4n) is 11.0. The van der Waals surface area contributed by atoms with E-state index in [0.29, 0.717) is 162 Å². The van der Waals surface area contributed by atoms with Gasteiger partial charge in [0.25, 0.3) is 5.56 Å². The molecule has 2 aromatic heterocycles. The number of methoxy groups -OCH3 is 8. The number of carbonyl (C=O) groups is 1. The van der Waals surface area contributed by atoms with Crippen LogP contribution in [0.4, 0.5) is 0 Å². The highest BCUT2D eigenvalue weighted by molar-refractivity contribution is 6.43. The fourth-order valence-corrected chi connectivity index (χ4v) is 11.0. The molecule has 406 valence electrons. The standard InChI is InChI=1S/C65H52N2O14/c1-32(2)38-28-52(78-34-16-20-44(70-4)48(24-34)74-8)58-61-55(81-37-19-23-47(73-7)51(27-37)77-11)31-41-57-40(64-66-42-14-12-13-15-43(42)67(64)65(41)69)30-54(80-36-18-22-46(72-6)50(26-36)76-10)60(63(57)61)59-53(29-39(33(3)68)56(38)62(58)59)79-35-17-21-45(71-5)49(25-35)75-9/h12-31H,1H2,2-11H3. The summed E-state index contributed by atoms with van der Waals surface area (Å²) in [7, 11) is 12.4. The number of ketones is 1. The first kappa shape index (κ1) is 51.4. The molecule has 0 fully saturated rings. The average molecular weight is 1090 g/mol. The molecule has 0 N–H and O–H groups in total. The van der Waals surface area contributed by atoms with Crippen LogP contribution < -0.4 is 62.4 Å². The summed E-state index contributed by atoms with van der Waals surface area (Å²) in [6.45, 7) is 7.85. The molecule has 0 aliphatic rings. The third-order valence-corrected chi connectivity index (χ3v) is 14.6. The van der Waals surface area contributed by atoms with Gasteiger partial charge in [-0.1, -0.05) is 24.3 Å². The van der Waals surface area contributed by atoms with Crippen molar-refractivity contribution in [2.24, 2.45) is 0 Å². The molecule has 0 amide bonds. The third kappa shape index (κ3) is 8.24. The Balaban J connectivity index is 1.37. The van der Waals surface area contributed by atoms with Crippen LogP contribution in [0.25, 0.3) is 76.1 Å². The minimum Gasteiger partial charge on any atom is -0.493 e. The predicted molar refractivity (Wildman–Crippen MR) is 312 cm³/mol. The highest BCUT2D eigenvalue weighted by Gasteiger charge is 2.33. The maximum atomic E-state index is 15.7. The molecule has 0 radical (unpaired) electrons. The van der Waals surface area contributed by atoms with Crippen molar-refractivity contribution < 1.29 is 61.6 Å². The Hall–Kier alpha value is -10.4. The Morgan fingerprint density at radius 1 is 0.395 bits per heavy atom. The minimum absolute atomic E-state index is 0.226. The molecule has 16 nitrogen and oxygen atoms in total. The van der Waals surface area contributed by atoms with E-state index < -0.39 is 0 Å². The lowest BCUT2D eigenvalue weighted by atomic mass is 9.82. The lowest BCUT2D eigenvalue weighted by molar-refractivity contribution is 0.101. The predicted octanol–water partition coefficient (Wildman–Crippen LogP) is 15.0. The highest BCUT2D eigenvalue weighted by Crippen LogP contribution is 2.58. The number of hydrogen-bond donors (Lipinski definition) is 0. The molecule has 10 aromatic carbocycles. The summed E-state index contributed by atoms with van der Waals surface area (Å²) < 4.78 is 76.2. The van der Waals surface area contributed by atoms with Crippen molar-refractivity contribution >= 4 is 81.9 Å². The molecule has 2 heterocycles. The largest absolute Gasteiger partial charge is 0.493 e. The second-order valence-corrected chi connectivity index (χ2v) is 19.1. The van der Waals surface area contributed by atoms with Crippen LogP contribution >= 0.6 is 0 Å². The summed E-state index contributed by atoms with van der Waals surface area (Å²) in [5.41, 5.74) is 2.72. The van der Waals surface area contributed by atoms with Crippen LogP contribution in [0, 0.1) is 0 Å². The number of benzene rings is 10. The van der Waals surface area contributed by atoms with Crippen LogP contribution in [0.2, 0.25) is 0 Å². The molecule has 0 spiro atoms. The highest BCUT2D eigenvalue weighted by atomic mass is 16.5. The van der Waals surface area contributed by atoms with Gasteiger partial charge in [-0.05, 0) is 104 Å². The Labute approximate surface area is 463 Å². The van der Waals surface area contributed by atoms with E-state index in [1.807, 2.05) is 43.3 Å². The first-order valence-electron chi connectivity index (χ1n) is 25.5. The van der Waals surface area contributed by atoms with Crippen LogP contribution in [-0.2, 0) is 0 Å². The van der Waals surface area contributed by atoms with E-state index in [0.717, 1.165) is 0 Å². The van der Waals surface area contributed by atoms with E-state index in [1.165, 1.54) is 21.1 Å². The van der Waals surface area contributed by atoms with Gasteiger partial charge in [-0.25, -0.2) is 4.98 Å². The fraction of sp³-hybridized carbons (Fsp3) is 0.154. The monoisotopic (exact) mass is 1080 g/mol. The van der Waals surface area contributed by atoms with E-state index in [9.17, 15) is 4.79 Å². The van der Waals surface area contributed by atoms with Crippen molar-refractivity contribution in [1.82, 2.24) is 9.38 Å². The number of fused-ring (bicyclic) bond motifs is 6. The van der Waals surface area contributed by atoms with E-state index in [1.54, 1.807) is 132 Å². The number of aromatic nitrogens is 2. The molecular weight excluding hydrogens is 1030 g/mol. The number of pyridine rings is 1. The van der Waals surface area contributed by atoms with Crippen LogP contribution in [0.1, 0.15) is 29.8 Å². The van der Waals surface area contributed by atoms with Crippen LogP contribution in [0.15, 0.2) is 133 Å². The zero-order valence-electron chi connectivity index (χ0n) is 45.9. The summed E-state index contributed by atoms with van der Waals surface area (Å²) in [6, 6.07) is 35.5. The Kier molecular flexibility index (Phi) is 12.8. The minimum atomic E-state index is -0.362. The van der Waals surface area contributed by atoms with Gasteiger partial charge in [-0.2, -0.15) is 0 Å². The molecular formula is C65H52N2O14. The van der Waals surface area contributed by atoms with Crippen molar-refractivity contribution in [3.05, 3.63) is 149 Å². The molecule has 0 aliphatic heterocycles. The normalized spacial score (nSPS) is 11.5. The molecule has 0 saturated heterocycles. The molecule has 0 unspecified atom stereocenters. The van der Waals surface area contributed by atoms with Gasteiger partial charge in [0.15, 0.2) is 51.8 Å². The number of rotatable bonds is 18. The molecule has 12 rings (SSSR count). The summed E-state index contributed by atoms with van der Waals surface area (Å²) in [5, 5.41) is 4.80. The first-order chi connectivity index (χ1) is 39.3. The van der Waals surface area contributed by atoms with Crippen LogP contribution in [0.3, 0.4) is 0 Å². The van der Waals surface area contributed by atoms with Crippen molar-refractivity contribution in [3.63, 3.8) is 0 Å². The lowest BCUT2D eigenvalue weighted by Gasteiger charge is -2.26. The number of hydrogen-bond acceptors (Lipinski definition) is 15. The van der Waals surface area contributed by atoms with Crippen LogP contribution in [0.5, 0.6) is 92.0 Å². The van der Waals surface area contributed by atoms with Gasteiger partial charge >= 0.3 is 0 Å². The van der Waals surface area contributed by atoms with Crippen molar-refractivity contribution in [1.29, 1.82) is 0 Å². The molecule has 0 atom stereocenters. The Bertz CT molecular complexity index is 4490. The summed E-state index contributed by atoms with van der Waals surface area (Å²) in [4.78, 5) is 35.5. The number of ether oxygens (including phenoxy) is 12. The number of imidazole rings is 1. The molecule has 12 aromatic rings. The molecule has 81 heavy (non-hydrogen) atoms. The Morgan fingerprint density at radius 2 is 0.765 bits per heavy atom. The maximum absolute atomic E-state index is 15.7. The van der Waals surface area contributed by atoms with Crippen molar-refractivity contribution in [3.8, 4) is 92.0 Å².